The van der Waals surface area contributed by atoms with E-state index in [0.717, 1.165) is 54.4 Å². The highest BCUT2D eigenvalue weighted by Crippen LogP contribution is 2.69. The van der Waals surface area contributed by atoms with Gasteiger partial charge in [0.2, 0.25) is 5.12 Å². The summed E-state index contributed by atoms with van der Waals surface area (Å²) in [5, 5.41) is 25.7. The van der Waals surface area contributed by atoms with Crippen molar-refractivity contribution in [3.05, 3.63) is 53.1 Å². The maximum atomic E-state index is 14.0. The second-order valence-electron chi connectivity index (χ2n) is 13.8. The van der Waals surface area contributed by atoms with E-state index in [1.54, 1.807) is 12.1 Å². The van der Waals surface area contributed by atoms with Gasteiger partial charge in [0.15, 0.2) is 5.60 Å². The fourth-order valence-corrected chi connectivity index (χ4v) is 10.5. The number of hydrogen-bond acceptors (Lipinski definition) is 8. The van der Waals surface area contributed by atoms with Crippen molar-refractivity contribution in [1.82, 2.24) is 9.78 Å². The minimum Gasteiger partial charge on any atom is -0.449 e. The highest BCUT2D eigenvalue weighted by molar-refractivity contribution is 8.14. The summed E-state index contributed by atoms with van der Waals surface area (Å²) in [5.41, 5.74) is 1.74. The zero-order valence-electron chi connectivity index (χ0n) is 25.1. The number of nitriles is 1. The van der Waals surface area contributed by atoms with E-state index in [2.05, 4.69) is 18.1 Å². The molecule has 0 radical (unpaired) electrons. The van der Waals surface area contributed by atoms with Crippen LogP contribution < -0.4 is 0 Å². The molecule has 4 fully saturated rings. The average Bonchev–Trinajstić information content (AvgIpc) is 3.73. The highest BCUT2D eigenvalue weighted by atomic mass is 32.2. The van der Waals surface area contributed by atoms with Gasteiger partial charge in [-0.1, -0.05) is 31.2 Å². The number of halogens is 1. The van der Waals surface area contributed by atoms with Crippen LogP contribution in [0.4, 0.5) is 4.39 Å². The van der Waals surface area contributed by atoms with E-state index in [4.69, 9.17) is 9.47 Å². The quantitative estimate of drug-likeness (QED) is 0.451. The largest absolute Gasteiger partial charge is 0.449 e. The van der Waals surface area contributed by atoms with Gasteiger partial charge in [-0.2, -0.15) is 10.4 Å². The Kier molecular flexibility index (Phi) is 7.30. The van der Waals surface area contributed by atoms with E-state index >= 15 is 0 Å². The Balaban J connectivity index is 1.22. The first-order valence-electron chi connectivity index (χ1n) is 15.7. The number of benzene rings is 1. The molecule has 8 atom stereocenters. The molecule has 1 N–H and O–H groups in total. The number of hydrogen-bond donors (Lipinski definition) is 1. The molecule has 44 heavy (non-hydrogen) atoms. The molecule has 7 rings (SSSR count). The van der Waals surface area contributed by atoms with Crippen molar-refractivity contribution in [1.29, 1.82) is 5.26 Å². The predicted molar refractivity (Wildman–Crippen MR) is 162 cm³/mol. The summed E-state index contributed by atoms with van der Waals surface area (Å²) >= 11 is 0.924. The van der Waals surface area contributed by atoms with Crippen molar-refractivity contribution in [3.63, 3.8) is 0 Å². The molecule has 232 valence electrons. The number of carbonyl (C=O) groups is 2. The Bertz CT molecular complexity index is 1560. The first-order chi connectivity index (χ1) is 21.1. The lowest BCUT2D eigenvalue weighted by Crippen LogP contribution is -2.62. The van der Waals surface area contributed by atoms with Crippen LogP contribution in [0.3, 0.4) is 0 Å². The number of thioether (sulfide) groups is 1. The third kappa shape index (κ3) is 4.33. The van der Waals surface area contributed by atoms with Gasteiger partial charge in [0.1, 0.15) is 5.82 Å². The monoisotopic (exact) mass is 619 g/mol. The van der Waals surface area contributed by atoms with Gasteiger partial charge in [-0.15, -0.1) is 0 Å². The lowest BCUT2D eigenvalue weighted by atomic mass is 9.45. The Morgan fingerprint density at radius 2 is 2.05 bits per heavy atom. The molecule has 2 aromatic rings. The van der Waals surface area contributed by atoms with Crippen LogP contribution in [-0.2, 0) is 25.5 Å². The Morgan fingerprint density at radius 3 is 2.77 bits per heavy atom. The Morgan fingerprint density at radius 1 is 1.25 bits per heavy atom. The van der Waals surface area contributed by atoms with Gasteiger partial charge < -0.3 is 14.6 Å². The summed E-state index contributed by atoms with van der Waals surface area (Å²) in [4.78, 5) is 27.4. The van der Waals surface area contributed by atoms with Crippen LogP contribution in [0.2, 0.25) is 0 Å². The molecule has 8 nitrogen and oxygen atoms in total. The third-order valence-corrected chi connectivity index (χ3v) is 12.6. The van der Waals surface area contributed by atoms with E-state index in [9.17, 15) is 24.3 Å². The molecule has 1 aromatic carbocycles. The average molecular weight is 620 g/mol. The maximum absolute atomic E-state index is 14.0. The predicted octanol–water partition coefficient (Wildman–Crippen LogP) is 5.27. The molecule has 1 unspecified atom stereocenters. The number of aliphatic hydroxyl groups is 1. The van der Waals surface area contributed by atoms with E-state index < -0.39 is 29.0 Å². The molecule has 0 bridgehead atoms. The zero-order valence-corrected chi connectivity index (χ0v) is 25.9. The second kappa shape index (κ2) is 10.8. The number of fused-ring (bicyclic) bond motifs is 6. The number of aromatic nitrogens is 2. The summed E-state index contributed by atoms with van der Waals surface area (Å²) in [5.74, 6) is -0.926. The lowest BCUT2D eigenvalue weighted by molar-refractivity contribution is -0.199. The van der Waals surface area contributed by atoms with Gasteiger partial charge in [0.05, 0.1) is 48.0 Å². The van der Waals surface area contributed by atoms with Crippen molar-refractivity contribution in [2.24, 2.45) is 34.5 Å². The molecule has 10 heteroatoms. The fourth-order valence-electron chi connectivity index (χ4n) is 9.70. The van der Waals surface area contributed by atoms with Crippen LogP contribution >= 0.6 is 11.8 Å². The van der Waals surface area contributed by atoms with Crippen LogP contribution in [0, 0.1) is 51.6 Å². The number of nitrogens with zero attached hydrogens (tertiary/aromatic N) is 3. The molecule has 4 aliphatic carbocycles. The molecule has 1 saturated heterocycles. The highest BCUT2D eigenvalue weighted by Gasteiger charge is 2.71. The lowest BCUT2D eigenvalue weighted by Gasteiger charge is -2.60. The normalized spacial score (nSPS) is 37.2. The Hall–Kier alpha value is -3.00. The standard InChI is InChI=1S/C34H38FN3O5S/c1-32-16-21-18-37-38(24-6-4-23(35)5-7-24)27(21)15-22(32)3-8-25-26-9-11-34(31(41)44-14-12-36,33(26,2)17-28(39)29(25)32)43-30(40)20-10-13-42-19-20/h4-7,15,18,20,25-26,28-29,39H,3,8-11,13-14,16-17,19H2,1-2H3/t20?,25-,26-,28-,29+,32-,33-,34-/m0/s1. The van der Waals surface area contributed by atoms with E-state index in [1.165, 1.54) is 17.7 Å². The smallest absolute Gasteiger partial charge is 0.312 e. The van der Waals surface area contributed by atoms with E-state index in [1.807, 2.05) is 23.9 Å². The SMILES string of the molecule is C[C@]12Cc3cnn(-c4ccc(F)cc4)c3C=C1CC[C@@H]1[C@@H]2[C@@H](O)C[C@@]2(C)[C@H]1CC[C@]2(OC(=O)C1CCOC1)C(=O)SCC#N. The number of ether oxygens (including phenoxy) is 2. The number of esters is 1. The zero-order chi connectivity index (χ0) is 30.9. The van der Waals surface area contributed by atoms with Crippen molar-refractivity contribution < 1.29 is 28.6 Å². The minimum absolute atomic E-state index is 0.0137. The van der Waals surface area contributed by atoms with E-state index in [-0.39, 0.29) is 46.5 Å². The van der Waals surface area contributed by atoms with Gasteiger partial charge in [0, 0.05) is 12.0 Å². The van der Waals surface area contributed by atoms with Crippen LogP contribution in [0.1, 0.15) is 63.6 Å². The van der Waals surface area contributed by atoms with Crippen molar-refractivity contribution in [2.75, 3.05) is 19.0 Å². The number of rotatable bonds is 5. The molecule has 1 aliphatic heterocycles. The molecule has 0 spiro atoms. The number of aliphatic hydroxyl groups excluding tert-OH is 1. The van der Waals surface area contributed by atoms with Crippen LogP contribution in [0.5, 0.6) is 0 Å². The number of allylic oxidation sites excluding steroid dienone is 1. The van der Waals surface area contributed by atoms with Crippen molar-refractivity contribution in [2.45, 2.75) is 70.5 Å². The first-order valence-corrected chi connectivity index (χ1v) is 16.7. The summed E-state index contributed by atoms with van der Waals surface area (Å²) < 4.78 is 27.2. The van der Waals surface area contributed by atoms with Gasteiger partial charge >= 0.3 is 5.97 Å². The van der Waals surface area contributed by atoms with Gasteiger partial charge in [-0.25, -0.2) is 9.07 Å². The number of carbonyl (C=O) groups excluding carboxylic acids is 2. The topological polar surface area (TPSA) is 114 Å². The van der Waals surface area contributed by atoms with Crippen LogP contribution in [0.15, 0.2) is 36.0 Å². The van der Waals surface area contributed by atoms with Crippen molar-refractivity contribution in [3.8, 4) is 11.8 Å². The summed E-state index contributed by atoms with van der Waals surface area (Å²) in [7, 11) is 0. The summed E-state index contributed by atoms with van der Waals surface area (Å²) in [6.45, 7) is 5.07. The molecule has 3 saturated carbocycles. The first kappa shape index (κ1) is 29.7. The molecular formula is C34H38FN3O5S. The van der Waals surface area contributed by atoms with Gasteiger partial charge in [-0.05, 0) is 104 Å². The molecular weight excluding hydrogens is 581 g/mol. The van der Waals surface area contributed by atoms with Crippen LogP contribution in [0.25, 0.3) is 11.8 Å². The molecule has 5 aliphatic rings. The van der Waals surface area contributed by atoms with Crippen molar-refractivity contribution >= 4 is 28.9 Å². The summed E-state index contributed by atoms with van der Waals surface area (Å²) in [6.07, 6.45) is 7.88. The maximum Gasteiger partial charge on any atom is 0.312 e. The Labute approximate surface area is 261 Å². The van der Waals surface area contributed by atoms with E-state index in [0.29, 0.717) is 25.9 Å². The minimum atomic E-state index is -1.39. The summed E-state index contributed by atoms with van der Waals surface area (Å²) in [6, 6.07) is 8.38. The van der Waals surface area contributed by atoms with Gasteiger partial charge in [-0.3, -0.25) is 9.59 Å². The van der Waals surface area contributed by atoms with Crippen LogP contribution in [-0.4, -0.2) is 56.6 Å². The third-order valence-electron chi connectivity index (χ3n) is 11.8. The van der Waals surface area contributed by atoms with Gasteiger partial charge in [0.25, 0.3) is 0 Å². The molecule has 0 amide bonds. The molecule has 1 aromatic heterocycles. The fraction of sp³-hybridized carbons (Fsp3) is 0.588. The molecule has 2 heterocycles. The second-order valence-corrected chi connectivity index (χ2v) is 14.8.